The van der Waals surface area contributed by atoms with E-state index in [9.17, 15) is 4.79 Å². The molecule has 1 aliphatic heterocycles. The minimum Gasteiger partial charge on any atom is -0.379 e. The molecule has 2 aromatic heterocycles. The van der Waals surface area contributed by atoms with E-state index < -0.39 is 0 Å². The maximum Gasteiger partial charge on any atom is 0.278 e. The third-order valence-electron chi connectivity index (χ3n) is 5.24. The van der Waals surface area contributed by atoms with Gasteiger partial charge in [-0.3, -0.25) is 19.4 Å². The molecule has 0 saturated carbocycles. The fourth-order valence-corrected chi connectivity index (χ4v) is 3.70. The fraction of sp³-hybridized carbons (Fsp3) is 0.476. The lowest BCUT2D eigenvalue weighted by Crippen LogP contribution is -2.35. The molecular formula is C21H28N6O2. The van der Waals surface area contributed by atoms with Crippen LogP contribution in [0.3, 0.4) is 0 Å². The molecule has 3 heterocycles. The summed E-state index contributed by atoms with van der Waals surface area (Å²) in [4.78, 5) is 22.3. The molecule has 0 atom stereocenters. The predicted molar refractivity (Wildman–Crippen MR) is 113 cm³/mol. The van der Waals surface area contributed by atoms with Crippen molar-refractivity contribution in [3.63, 3.8) is 0 Å². The number of H-pyrrole nitrogens is 1. The van der Waals surface area contributed by atoms with E-state index in [1.807, 2.05) is 0 Å². The molecular weight excluding hydrogens is 368 g/mol. The standard InChI is InChI=1S/C21H28N6O2/c1-3-4-17-18-19(26(2)25-17)20(28)24-21(23-18)22-13-15-5-7-16(8-6-15)14-27-9-11-29-12-10-27/h5-8H,3-4,9-14H2,1-2H3,(H2,22,23,24,28). The lowest BCUT2D eigenvalue weighted by atomic mass is 10.1. The van der Waals surface area contributed by atoms with Gasteiger partial charge in [-0.25, -0.2) is 4.98 Å². The molecule has 1 saturated heterocycles. The zero-order chi connectivity index (χ0) is 20.2. The number of ether oxygens (including phenoxy) is 1. The van der Waals surface area contributed by atoms with Crippen molar-refractivity contribution < 1.29 is 4.74 Å². The quantitative estimate of drug-likeness (QED) is 0.636. The van der Waals surface area contributed by atoms with E-state index >= 15 is 0 Å². The minimum absolute atomic E-state index is 0.171. The highest BCUT2D eigenvalue weighted by Gasteiger charge is 2.14. The normalized spacial score (nSPS) is 15.1. The molecule has 0 amide bonds. The lowest BCUT2D eigenvalue weighted by molar-refractivity contribution is 0.0342. The van der Waals surface area contributed by atoms with Crippen LogP contribution in [0.15, 0.2) is 29.1 Å². The number of fused-ring (bicyclic) bond motifs is 1. The highest BCUT2D eigenvalue weighted by Crippen LogP contribution is 2.16. The number of hydrogen-bond acceptors (Lipinski definition) is 6. The third-order valence-corrected chi connectivity index (χ3v) is 5.24. The number of nitrogens with one attached hydrogen (secondary N) is 2. The summed E-state index contributed by atoms with van der Waals surface area (Å²) in [5.41, 5.74) is 4.33. The minimum atomic E-state index is -0.171. The Bertz CT molecular complexity index is 1020. The summed E-state index contributed by atoms with van der Waals surface area (Å²) < 4.78 is 7.02. The summed E-state index contributed by atoms with van der Waals surface area (Å²) in [6.45, 7) is 7.23. The van der Waals surface area contributed by atoms with Gasteiger partial charge < -0.3 is 10.1 Å². The van der Waals surface area contributed by atoms with Gasteiger partial charge in [0.2, 0.25) is 5.95 Å². The Balaban J connectivity index is 1.43. The van der Waals surface area contributed by atoms with Crippen molar-refractivity contribution in [2.45, 2.75) is 32.9 Å². The highest BCUT2D eigenvalue weighted by atomic mass is 16.5. The van der Waals surface area contributed by atoms with Gasteiger partial charge in [0.05, 0.1) is 18.9 Å². The first-order valence-corrected chi connectivity index (χ1v) is 10.2. The van der Waals surface area contributed by atoms with E-state index in [0.717, 1.165) is 56.9 Å². The Labute approximate surface area is 169 Å². The number of morpholine rings is 1. The van der Waals surface area contributed by atoms with E-state index in [-0.39, 0.29) is 5.56 Å². The topological polar surface area (TPSA) is 88.1 Å². The maximum atomic E-state index is 12.5. The molecule has 1 aromatic carbocycles. The van der Waals surface area contributed by atoms with Crippen molar-refractivity contribution in [3.05, 3.63) is 51.4 Å². The number of aryl methyl sites for hydroxylation is 2. The molecule has 2 N–H and O–H groups in total. The second-order valence-electron chi connectivity index (χ2n) is 7.49. The van der Waals surface area contributed by atoms with Gasteiger partial charge >= 0.3 is 0 Å². The van der Waals surface area contributed by atoms with Gasteiger partial charge in [-0.15, -0.1) is 0 Å². The Hall–Kier alpha value is -2.71. The number of rotatable bonds is 7. The maximum absolute atomic E-state index is 12.5. The molecule has 0 spiro atoms. The van der Waals surface area contributed by atoms with Crippen LogP contribution in [0, 0.1) is 0 Å². The molecule has 1 aliphatic rings. The molecule has 8 heteroatoms. The molecule has 1 fully saturated rings. The van der Waals surface area contributed by atoms with Gasteiger partial charge in [0.25, 0.3) is 5.56 Å². The van der Waals surface area contributed by atoms with Crippen molar-refractivity contribution in [1.82, 2.24) is 24.6 Å². The van der Waals surface area contributed by atoms with E-state index in [1.54, 1.807) is 11.7 Å². The summed E-state index contributed by atoms with van der Waals surface area (Å²) in [5.74, 6) is 0.477. The average molecular weight is 396 g/mol. The third kappa shape index (κ3) is 4.49. The van der Waals surface area contributed by atoms with E-state index in [4.69, 9.17) is 4.74 Å². The molecule has 29 heavy (non-hydrogen) atoms. The number of hydrogen-bond donors (Lipinski definition) is 2. The molecule has 3 aromatic rings. The van der Waals surface area contributed by atoms with E-state index in [2.05, 4.69) is 56.5 Å². The number of benzene rings is 1. The Morgan fingerprint density at radius 3 is 2.62 bits per heavy atom. The fourth-order valence-electron chi connectivity index (χ4n) is 3.70. The first kappa shape index (κ1) is 19.6. The molecule has 4 rings (SSSR count). The van der Waals surface area contributed by atoms with Crippen LogP contribution in [0.1, 0.15) is 30.2 Å². The van der Waals surface area contributed by atoms with Crippen LogP contribution in [0.25, 0.3) is 11.0 Å². The SMILES string of the molecule is CCCc1nn(C)c2c(=O)[nH]c(NCc3ccc(CN4CCOCC4)cc3)nc12. The molecule has 0 unspecified atom stereocenters. The zero-order valence-corrected chi connectivity index (χ0v) is 17.1. The second-order valence-corrected chi connectivity index (χ2v) is 7.49. The van der Waals surface area contributed by atoms with Crippen LogP contribution in [-0.4, -0.2) is 51.0 Å². The van der Waals surface area contributed by atoms with Gasteiger partial charge in [-0.1, -0.05) is 37.6 Å². The summed E-state index contributed by atoms with van der Waals surface area (Å²) in [7, 11) is 1.78. The number of aromatic nitrogens is 4. The number of nitrogens with zero attached hydrogens (tertiary/aromatic N) is 4. The largest absolute Gasteiger partial charge is 0.379 e. The predicted octanol–water partition coefficient (Wildman–Crippen LogP) is 2.05. The number of aromatic amines is 1. The van der Waals surface area contributed by atoms with Crippen LogP contribution in [0.2, 0.25) is 0 Å². The average Bonchev–Trinajstić information content (AvgIpc) is 3.04. The summed E-state index contributed by atoms with van der Waals surface area (Å²) >= 11 is 0. The highest BCUT2D eigenvalue weighted by molar-refractivity contribution is 5.77. The molecule has 154 valence electrons. The van der Waals surface area contributed by atoms with Gasteiger partial charge in [0.15, 0.2) is 5.52 Å². The lowest BCUT2D eigenvalue weighted by Gasteiger charge is -2.26. The van der Waals surface area contributed by atoms with Crippen molar-refractivity contribution in [2.24, 2.45) is 7.05 Å². The van der Waals surface area contributed by atoms with Crippen LogP contribution in [0.5, 0.6) is 0 Å². The number of anilines is 1. The first-order chi connectivity index (χ1) is 14.1. The zero-order valence-electron chi connectivity index (χ0n) is 17.1. The van der Waals surface area contributed by atoms with Crippen LogP contribution in [-0.2, 0) is 31.3 Å². The van der Waals surface area contributed by atoms with Crippen LogP contribution in [0.4, 0.5) is 5.95 Å². The van der Waals surface area contributed by atoms with Crippen LogP contribution >= 0.6 is 0 Å². The molecule has 0 radical (unpaired) electrons. The van der Waals surface area contributed by atoms with E-state index in [1.165, 1.54) is 5.56 Å². The van der Waals surface area contributed by atoms with Gasteiger partial charge in [-0.05, 0) is 17.5 Å². The van der Waals surface area contributed by atoms with Crippen molar-refractivity contribution in [2.75, 3.05) is 31.6 Å². The van der Waals surface area contributed by atoms with Crippen molar-refractivity contribution in [1.29, 1.82) is 0 Å². The molecule has 0 bridgehead atoms. The summed E-state index contributed by atoms with van der Waals surface area (Å²) in [6, 6.07) is 8.55. The van der Waals surface area contributed by atoms with Crippen molar-refractivity contribution >= 4 is 17.0 Å². The molecule has 0 aliphatic carbocycles. The monoisotopic (exact) mass is 396 g/mol. The van der Waals surface area contributed by atoms with Crippen LogP contribution < -0.4 is 10.9 Å². The van der Waals surface area contributed by atoms with Gasteiger partial charge in [0.1, 0.15) is 5.52 Å². The molecule has 8 nitrogen and oxygen atoms in total. The Morgan fingerprint density at radius 2 is 1.90 bits per heavy atom. The first-order valence-electron chi connectivity index (χ1n) is 10.2. The Kier molecular flexibility index (Phi) is 5.92. The summed E-state index contributed by atoms with van der Waals surface area (Å²) in [5, 5.41) is 7.69. The summed E-state index contributed by atoms with van der Waals surface area (Å²) in [6.07, 6.45) is 1.76. The van der Waals surface area contributed by atoms with Gasteiger partial charge in [0, 0.05) is 33.2 Å². The second kappa shape index (κ2) is 8.75. The van der Waals surface area contributed by atoms with Crippen molar-refractivity contribution in [3.8, 4) is 0 Å². The van der Waals surface area contributed by atoms with E-state index in [0.29, 0.717) is 23.5 Å². The van der Waals surface area contributed by atoms with Gasteiger partial charge in [-0.2, -0.15) is 5.10 Å². The smallest absolute Gasteiger partial charge is 0.278 e. The Morgan fingerprint density at radius 1 is 1.17 bits per heavy atom.